The number of ether oxygens (including phenoxy) is 1. The summed E-state index contributed by atoms with van der Waals surface area (Å²) in [5, 5.41) is 0. The van der Waals surface area contributed by atoms with E-state index in [1.165, 1.54) is 5.56 Å². The van der Waals surface area contributed by atoms with E-state index in [4.69, 9.17) is 9.16 Å². The summed E-state index contributed by atoms with van der Waals surface area (Å²) in [5.74, 6) is 0. The third-order valence-electron chi connectivity index (χ3n) is 2.36. The topological polar surface area (TPSA) is 18.5 Å². The van der Waals surface area contributed by atoms with Gasteiger partial charge in [0.1, 0.15) is 10.5 Å². The lowest BCUT2D eigenvalue weighted by molar-refractivity contribution is 0.0534. The van der Waals surface area contributed by atoms with Gasteiger partial charge in [0.2, 0.25) is 0 Å². The highest BCUT2D eigenvalue weighted by atomic mass is 28.2. The predicted molar refractivity (Wildman–Crippen MR) is 66.1 cm³/mol. The number of benzene rings is 1. The molecule has 0 bridgehead atoms. The molecule has 0 aromatic heterocycles. The molecule has 0 radical (unpaired) electrons. The maximum atomic E-state index is 5.68. The summed E-state index contributed by atoms with van der Waals surface area (Å²) < 4.78 is 10.8. The SMILES string of the molecule is CC(CCO[SiH3])OCCc1ccccc1. The molecule has 0 saturated heterocycles. The van der Waals surface area contributed by atoms with Gasteiger partial charge in [0.05, 0.1) is 12.7 Å². The molecule has 1 aromatic carbocycles. The molecule has 1 unspecified atom stereocenters. The first-order valence-corrected chi connectivity index (χ1v) is 6.29. The van der Waals surface area contributed by atoms with Gasteiger partial charge < -0.3 is 9.16 Å². The lowest BCUT2D eigenvalue weighted by Crippen LogP contribution is -2.13. The Morgan fingerprint density at radius 2 is 1.93 bits per heavy atom. The molecule has 15 heavy (non-hydrogen) atoms. The average molecular weight is 224 g/mol. The molecular weight excluding hydrogens is 204 g/mol. The van der Waals surface area contributed by atoms with Crippen LogP contribution in [0.5, 0.6) is 0 Å². The Kier molecular flexibility index (Phi) is 6.32. The smallest absolute Gasteiger partial charge is 0.145 e. The van der Waals surface area contributed by atoms with Crippen LogP contribution in [-0.4, -0.2) is 29.8 Å². The van der Waals surface area contributed by atoms with E-state index in [0.717, 1.165) is 36.5 Å². The zero-order chi connectivity index (χ0) is 10.9. The van der Waals surface area contributed by atoms with Gasteiger partial charge in [-0.1, -0.05) is 30.3 Å². The van der Waals surface area contributed by atoms with Crippen LogP contribution >= 0.6 is 0 Å². The fraction of sp³-hybridized carbons (Fsp3) is 0.500. The monoisotopic (exact) mass is 224 g/mol. The van der Waals surface area contributed by atoms with Gasteiger partial charge in [-0.25, -0.2) is 0 Å². The van der Waals surface area contributed by atoms with Gasteiger partial charge in [-0.3, -0.25) is 0 Å². The van der Waals surface area contributed by atoms with E-state index < -0.39 is 0 Å². The second-order valence-electron chi connectivity index (χ2n) is 3.70. The highest BCUT2D eigenvalue weighted by Crippen LogP contribution is 2.02. The summed E-state index contributed by atoms with van der Waals surface area (Å²) >= 11 is 0. The van der Waals surface area contributed by atoms with Crippen LogP contribution in [0.1, 0.15) is 18.9 Å². The van der Waals surface area contributed by atoms with Crippen molar-refractivity contribution in [3.63, 3.8) is 0 Å². The zero-order valence-electron chi connectivity index (χ0n) is 9.61. The van der Waals surface area contributed by atoms with Crippen molar-refractivity contribution in [1.82, 2.24) is 0 Å². The van der Waals surface area contributed by atoms with Gasteiger partial charge in [-0.05, 0) is 25.3 Å². The van der Waals surface area contributed by atoms with E-state index in [9.17, 15) is 0 Å². The van der Waals surface area contributed by atoms with E-state index in [2.05, 4.69) is 31.2 Å². The maximum Gasteiger partial charge on any atom is 0.145 e. The van der Waals surface area contributed by atoms with E-state index >= 15 is 0 Å². The summed E-state index contributed by atoms with van der Waals surface area (Å²) in [6.07, 6.45) is 2.30. The Balaban J connectivity index is 2.11. The summed E-state index contributed by atoms with van der Waals surface area (Å²) in [5.41, 5.74) is 1.34. The molecular formula is C12H20O2Si. The van der Waals surface area contributed by atoms with Crippen LogP contribution in [0.2, 0.25) is 0 Å². The first-order chi connectivity index (χ1) is 7.33. The van der Waals surface area contributed by atoms with Crippen LogP contribution in [0.4, 0.5) is 0 Å². The molecule has 0 aliphatic carbocycles. The first-order valence-electron chi connectivity index (χ1n) is 5.47. The summed E-state index contributed by atoms with van der Waals surface area (Å²) in [6, 6.07) is 10.4. The van der Waals surface area contributed by atoms with Crippen molar-refractivity contribution in [2.45, 2.75) is 25.9 Å². The van der Waals surface area contributed by atoms with Gasteiger partial charge in [-0.15, -0.1) is 0 Å². The largest absolute Gasteiger partial charge is 0.428 e. The molecule has 0 N–H and O–H groups in total. The van der Waals surface area contributed by atoms with Crippen LogP contribution in [-0.2, 0) is 15.6 Å². The van der Waals surface area contributed by atoms with Gasteiger partial charge in [0.15, 0.2) is 0 Å². The van der Waals surface area contributed by atoms with E-state index in [1.54, 1.807) is 0 Å². The molecule has 2 nitrogen and oxygen atoms in total. The number of rotatable bonds is 7. The molecule has 0 spiro atoms. The molecule has 3 heteroatoms. The molecule has 1 aromatic rings. The van der Waals surface area contributed by atoms with Crippen molar-refractivity contribution in [1.29, 1.82) is 0 Å². The Bertz CT molecular complexity index is 251. The zero-order valence-corrected chi connectivity index (χ0v) is 11.6. The molecule has 0 fully saturated rings. The van der Waals surface area contributed by atoms with Crippen molar-refractivity contribution < 1.29 is 9.16 Å². The van der Waals surface area contributed by atoms with Gasteiger partial charge >= 0.3 is 0 Å². The summed E-state index contributed by atoms with van der Waals surface area (Å²) in [6.45, 7) is 3.73. The van der Waals surface area contributed by atoms with E-state index in [-0.39, 0.29) is 0 Å². The number of hydrogen-bond acceptors (Lipinski definition) is 2. The Morgan fingerprint density at radius 3 is 2.60 bits per heavy atom. The minimum absolute atomic E-state index is 0.308. The molecule has 0 aliphatic rings. The molecule has 0 aliphatic heterocycles. The second-order valence-corrected chi connectivity index (χ2v) is 4.28. The molecule has 0 saturated carbocycles. The fourth-order valence-corrected chi connectivity index (χ4v) is 1.63. The van der Waals surface area contributed by atoms with Crippen molar-refractivity contribution in [3.8, 4) is 0 Å². The summed E-state index contributed by atoms with van der Waals surface area (Å²) in [7, 11) is 0.824. The predicted octanol–water partition coefficient (Wildman–Crippen LogP) is 1.32. The highest BCUT2D eigenvalue weighted by molar-refractivity contribution is 5.97. The van der Waals surface area contributed by atoms with Crippen molar-refractivity contribution in [2.75, 3.05) is 13.2 Å². The molecule has 1 atom stereocenters. The Hall–Kier alpha value is -0.643. The standard InChI is InChI=1S/C12H20O2Si/c1-11(7-10-14-15)13-9-8-12-5-3-2-4-6-12/h2-6,11H,7-10H2,1,15H3. The highest BCUT2D eigenvalue weighted by Gasteiger charge is 2.01. The lowest BCUT2D eigenvalue weighted by Gasteiger charge is -2.12. The van der Waals surface area contributed by atoms with Crippen molar-refractivity contribution in [3.05, 3.63) is 35.9 Å². The minimum Gasteiger partial charge on any atom is -0.428 e. The van der Waals surface area contributed by atoms with Crippen molar-refractivity contribution >= 4 is 10.5 Å². The van der Waals surface area contributed by atoms with Crippen LogP contribution in [0.3, 0.4) is 0 Å². The van der Waals surface area contributed by atoms with Crippen LogP contribution in [0, 0.1) is 0 Å². The Morgan fingerprint density at radius 1 is 1.20 bits per heavy atom. The molecule has 1 rings (SSSR count). The molecule has 0 heterocycles. The van der Waals surface area contributed by atoms with E-state index in [0.29, 0.717) is 6.10 Å². The lowest BCUT2D eigenvalue weighted by atomic mass is 10.2. The van der Waals surface area contributed by atoms with Crippen LogP contribution < -0.4 is 0 Å². The fourth-order valence-electron chi connectivity index (χ4n) is 1.39. The average Bonchev–Trinajstić information content (AvgIpc) is 2.28. The van der Waals surface area contributed by atoms with Gasteiger partial charge in [-0.2, -0.15) is 0 Å². The minimum atomic E-state index is 0.308. The van der Waals surface area contributed by atoms with Gasteiger partial charge in [0.25, 0.3) is 0 Å². The Labute approximate surface area is 95.1 Å². The maximum absolute atomic E-state index is 5.68. The van der Waals surface area contributed by atoms with Crippen LogP contribution in [0.25, 0.3) is 0 Å². The molecule has 84 valence electrons. The van der Waals surface area contributed by atoms with Crippen molar-refractivity contribution in [2.24, 2.45) is 0 Å². The third-order valence-corrected chi connectivity index (χ3v) is 2.77. The van der Waals surface area contributed by atoms with Gasteiger partial charge in [0, 0.05) is 6.61 Å². The quantitative estimate of drug-likeness (QED) is 0.650. The number of hydrogen-bond donors (Lipinski definition) is 0. The van der Waals surface area contributed by atoms with E-state index in [1.807, 2.05) is 6.07 Å². The third kappa shape index (κ3) is 5.72. The molecule has 0 amide bonds. The second kappa shape index (κ2) is 7.62. The summed E-state index contributed by atoms with van der Waals surface area (Å²) in [4.78, 5) is 0. The normalized spacial score (nSPS) is 12.9. The first kappa shape index (κ1) is 12.4. The van der Waals surface area contributed by atoms with Crippen LogP contribution in [0.15, 0.2) is 30.3 Å².